The molecule has 0 aliphatic heterocycles. The fourth-order valence-corrected chi connectivity index (χ4v) is 4.58. The Bertz CT molecular complexity index is 1370. The summed E-state index contributed by atoms with van der Waals surface area (Å²) in [6.07, 6.45) is -1.97. The summed E-state index contributed by atoms with van der Waals surface area (Å²) in [5.41, 5.74) is 12.1. The van der Waals surface area contributed by atoms with Crippen LogP contribution in [0, 0.1) is 5.41 Å². The van der Waals surface area contributed by atoms with Gasteiger partial charge in [-0.15, -0.1) is 0 Å². The van der Waals surface area contributed by atoms with Gasteiger partial charge < -0.3 is 20.9 Å². The molecule has 37 heavy (non-hydrogen) atoms. The molecule has 0 saturated heterocycles. The first-order chi connectivity index (χ1) is 17.6. The van der Waals surface area contributed by atoms with E-state index in [0.717, 1.165) is 0 Å². The van der Waals surface area contributed by atoms with Crippen LogP contribution in [0.5, 0.6) is 5.75 Å². The molecule has 3 aromatic carbocycles. The molecule has 0 saturated carbocycles. The molecule has 0 aliphatic carbocycles. The number of hydrogen-bond acceptors (Lipinski definition) is 8. The second-order valence-electron chi connectivity index (χ2n) is 7.65. The van der Waals surface area contributed by atoms with Gasteiger partial charge in [0, 0.05) is 5.69 Å². The maximum Gasteiger partial charge on any atom is 0.348 e. The van der Waals surface area contributed by atoms with E-state index in [-0.39, 0.29) is 28.5 Å². The summed E-state index contributed by atoms with van der Waals surface area (Å²) in [7, 11) is -3.98. The molecule has 0 amide bonds. The Labute approximate surface area is 214 Å². The molecule has 1 unspecified atom stereocenters. The van der Waals surface area contributed by atoms with Crippen molar-refractivity contribution in [3.05, 3.63) is 84.4 Å². The minimum atomic E-state index is -3.98. The molecule has 12 heteroatoms. The van der Waals surface area contributed by atoms with E-state index in [9.17, 15) is 18.0 Å². The minimum absolute atomic E-state index is 0.0301. The Morgan fingerprint density at radius 1 is 1.00 bits per heavy atom. The van der Waals surface area contributed by atoms with Gasteiger partial charge in [-0.2, -0.15) is 4.72 Å². The normalized spacial score (nSPS) is 11.8. The van der Waals surface area contributed by atoms with Crippen molar-refractivity contribution in [2.24, 2.45) is 11.5 Å². The molecule has 0 aromatic heterocycles. The van der Waals surface area contributed by atoms with Gasteiger partial charge >= 0.3 is 11.9 Å². The molecule has 0 spiro atoms. The monoisotopic (exact) mass is 525 g/mol. The van der Waals surface area contributed by atoms with Gasteiger partial charge in [-0.25, -0.2) is 13.2 Å². The number of esters is 2. The summed E-state index contributed by atoms with van der Waals surface area (Å²) in [6, 6.07) is 20.6. The molecule has 0 aliphatic rings. The van der Waals surface area contributed by atoms with Crippen molar-refractivity contribution in [3.63, 3.8) is 0 Å². The maximum atomic E-state index is 13.1. The number of nitrogens with one attached hydrogen (secondary N) is 2. The van der Waals surface area contributed by atoms with E-state index in [0.29, 0.717) is 5.69 Å². The summed E-state index contributed by atoms with van der Waals surface area (Å²) in [5, 5.41) is 8.13. The predicted octanol–water partition coefficient (Wildman–Crippen LogP) is 2.45. The number of anilines is 2. The Hall–Kier alpha value is -4.26. The van der Waals surface area contributed by atoms with Crippen LogP contribution in [-0.2, 0) is 19.6 Å². The molecule has 194 valence electrons. The van der Waals surface area contributed by atoms with Crippen molar-refractivity contribution in [2.75, 3.05) is 11.5 Å². The van der Waals surface area contributed by atoms with Gasteiger partial charge in [0.05, 0.1) is 29.7 Å². The second-order valence-corrected chi connectivity index (χ2v) is 9.36. The summed E-state index contributed by atoms with van der Waals surface area (Å²) in [4.78, 5) is 26.8. The highest BCUT2D eigenvalue weighted by atomic mass is 32.2. The van der Waals surface area contributed by atoms with Crippen molar-refractivity contribution in [2.45, 2.75) is 24.4 Å². The van der Waals surface area contributed by atoms with Crippen LogP contribution >= 0.6 is 0 Å². The lowest BCUT2D eigenvalue weighted by atomic mass is 10.1. The Morgan fingerprint density at radius 2 is 1.62 bits per heavy atom. The van der Waals surface area contributed by atoms with Gasteiger partial charge in [-0.3, -0.25) is 15.1 Å². The number of para-hydroxylation sites is 2. The summed E-state index contributed by atoms with van der Waals surface area (Å²) in [5.74, 6) is -2.29. The van der Waals surface area contributed by atoms with Crippen LogP contribution in [-0.4, -0.2) is 39.1 Å². The van der Waals surface area contributed by atoms with Crippen molar-refractivity contribution >= 4 is 39.3 Å². The number of rotatable bonds is 10. The first-order valence-corrected chi connectivity index (χ1v) is 12.6. The van der Waals surface area contributed by atoms with E-state index < -0.39 is 40.5 Å². The lowest BCUT2D eigenvalue weighted by molar-refractivity contribution is -0.138. The van der Waals surface area contributed by atoms with Crippen molar-refractivity contribution < 1.29 is 27.5 Å². The van der Waals surface area contributed by atoms with Crippen LogP contribution in [0.3, 0.4) is 0 Å². The smallest absolute Gasteiger partial charge is 0.348 e. The average Bonchev–Trinajstić information content (AvgIpc) is 2.85. The highest BCUT2D eigenvalue weighted by Crippen LogP contribution is 2.37. The zero-order valence-corrected chi connectivity index (χ0v) is 20.8. The summed E-state index contributed by atoms with van der Waals surface area (Å²) >= 11 is 0. The summed E-state index contributed by atoms with van der Waals surface area (Å²) < 4.78 is 37.7. The third kappa shape index (κ3) is 6.91. The third-order valence-corrected chi connectivity index (χ3v) is 6.46. The third-order valence-electron chi connectivity index (χ3n) is 4.95. The predicted molar refractivity (Wildman–Crippen MR) is 138 cm³/mol. The van der Waals surface area contributed by atoms with Crippen LogP contribution < -0.4 is 25.8 Å². The van der Waals surface area contributed by atoms with Gasteiger partial charge in [0.2, 0.25) is 10.0 Å². The van der Waals surface area contributed by atoms with E-state index in [2.05, 4.69) is 4.72 Å². The van der Waals surface area contributed by atoms with Crippen LogP contribution in [0.2, 0.25) is 0 Å². The SMILES string of the molecule is CCOc1cccc(C(=O)OC(=O)CC(N)NS(=O)(=O)c2ccccc2)c1N(C(=N)N)c1ccccc1. The van der Waals surface area contributed by atoms with Crippen molar-refractivity contribution in [1.29, 1.82) is 5.41 Å². The molecule has 1 atom stereocenters. The first-order valence-electron chi connectivity index (χ1n) is 11.2. The lowest BCUT2D eigenvalue weighted by Gasteiger charge is -2.27. The largest absolute Gasteiger partial charge is 0.492 e. The van der Waals surface area contributed by atoms with Crippen LogP contribution in [0.15, 0.2) is 83.8 Å². The highest BCUT2D eigenvalue weighted by Gasteiger charge is 2.28. The number of guanidine groups is 1. The van der Waals surface area contributed by atoms with Gasteiger partial charge in [0.25, 0.3) is 0 Å². The van der Waals surface area contributed by atoms with Crippen LogP contribution in [0.1, 0.15) is 23.7 Å². The number of ether oxygens (including phenoxy) is 2. The standard InChI is InChI=1S/C25H27N5O6S/c1-2-35-20-15-9-14-19(23(20)30(25(27)28)17-10-5-3-6-11-17)24(32)36-22(31)16-21(26)29-37(33,34)18-12-7-4-8-13-18/h3-15,21,29H,2,16,26H2,1H3,(H3,27,28). The highest BCUT2D eigenvalue weighted by molar-refractivity contribution is 7.89. The molecular formula is C25H27N5O6S. The van der Waals surface area contributed by atoms with E-state index in [1.807, 2.05) is 0 Å². The molecule has 0 radical (unpaired) electrons. The topological polar surface area (TPSA) is 178 Å². The number of carbonyl (C=O) groups excluding carboxylic acids is 2. The fourth-order valence-electron chi connectivity index (χ4n) is 3.44. The van der Waals surface area contributed by atoms with E-state index >= 15 is 0 Å². The van der Waals surface area contributed by atoms with Crippen LogP contribution in [0.4, 0.5) is 11.4 Å². The molecule has 0 fully saturated rings. The number of nitrogens with two attached hydrogens (primary N) is 2. The second kappa shape index (κ2) is 12.1. The molecule has 11 nitrogen and oxygen atoms in total. The minimum Gasteiger partial charge on any atom is -0.492 e. The van der Waals surface area contributed by atoms with Crippen molar-refractivity contribution in [3.8, 4) is 5.75 Å². The zero-order valence-electron chi connectivity index (χ0n) is 20.0. The number of carbonyl (C=O) groups is 2. The van der Waals surface area contributed by atoms with Gasteiger partial charge in [0.1, 0.15) is 11.4 Å². The summed E-state index contributed by atoms with van der Waals surface area (Å²) in [6.45, 7) is 2.00. The number of nitrogens with zero attached hydrogens (tertiary/aromatic N) is 1. The van der Waals surface area contributed by atoms with Gasteiger partial charge in [0.15, 0.2) is 5.96 Å². The Balaban J connectivity index is 1.83. The molecule has 3 rings (SSSR count). The quantitative estimate of drug-likeness (QED) is 0.102. The lowest BCUT2D eigenvalue weighted by Crippen LogP contribution is -2.43. The molecule has 0 heterocycles. The Kier molecular flexibility index (Phi) is 8.95. The average molecular weight is 526 g/mol. The molecule has 3 aromatic rings. The van der Waals surface area contributed by atoms with E-state index in [1.165, 1.54) is 29.2 Å². The zero-order chi connectivity index (χ0) is 27.0. The van der Waals surface area contributed by atoms with E-state index in [4.69, 9.17) is 26.4 Å². The van der Waals surface area contributed by atoms with Gasteiger partial charge in [-0.05, 0) is 43.3 Å². The number of hydrogen-bond donors (Lipinski definition) is 4. The number of sulfonamides is 1. The Morgan fingerprint density at radius 3 is 2.22 bits per heavy atom. The number of benzene rings is 3. The first kappa shape index (κ1) is 27.3. The molecule has 0 bridgehead atoms. The molecular weight excluding hydrogens is 498 g/mol. The van der Waals surface area contributed by atoms with Crippen LogP contribution in [0.25, 0.3) is 0 Å². The fraction of sp³-hybridized carbons (Fsp3) is 0.160. The van der Waals surface area contributed by atoms with Gasteiger partial charge in [-0.1, -0.05) is 42.5 Å². The maximum absolute atomic E-state index is 13.1. The molecule has 6 N–H and O–H groups in total. The van der Waals surface area contributed by atoms with E-state index in [1.54, 1.807) is 61.5 Å². The van der Waals surface area contributed by atoms with Crippen molar-refractivity contribution in [1.82, 2.24) is 4.72 Å².